The van der Waals surface area contributed by atoms with Crippen LogP contribution in [0.15, 0.2) is 57.9 Å². The lowest BCUT2D eigenvalue weighted by Crippen LogP contribution is -2.50. The zero-order valence-electron chi connectivity index (χ0n) is 13.2. The molecular formula is C17H16BrClN2O3S. The monoisotopic (exact) mass is 442 g/mol. The Morgan fingerprint density at radius 2 is 1.56 bits per heavy atom. The molecule has 0 aliphatic carbocycles. The Kier molecular flexibility index (Phi) is 5.48. The van der Waals surface area contributed by atoms with Crippen LogP contribution >= 0.6 is 27.5 Å². The van der Waals surface area contributed by atoms with Crippen LogP contribution in [0.25, 0.3) is 0 Å². The van der Waals surface area contributed by atoms with Crippen molar-refractivity contribution in [1.29, 1.82) is 0 Å². The Morgan fingerprint density at radius 3 is 2.16 bits per heavy atom. The van der Waals surface area contributed by atoms with Gasteiger partial charge in [0.25, 0.3) is 5.91 Å². The fraction of sp³-hybridized carbons (Fsp3) is 0.235. The Bertz CT molecular complexity index is 879. The average Bonchev–Trinajstić information content (AvgIpc) is 2.62. The van der Waals surface area contributed by atoms with Gasteiger partial charge in [0.1, 0.15) is 0 Å². The molecule has 0 atom stereocenters. The fourth-order valence-electron chi connectivity index (χ4n) is 2.69. The van der Waals surface area contributed by atoms with Crippen molar-refractivity contribution in [2.75, 3.05) is 26.2 Å². The van der Waals surface area contributed by atoms with Crippen LogP contribution in [0, 0.1) is 0 Å². The molecule has 132 valence electrons. The first-order valence-electron chi connectivity index (χ1n) is 7.69. The third kappa shape index (κ3) is 3.89. The number of carbonyl (C=O) groups excluding carboxylic acids is 1. The number of amides is 1. The molecule has 0 saturated carbocycles. The van der Waals surface area contributed by atoms with Gasteiger partial charge in [0, 0.05) is 30.7 Å². The third-order valence-electron chi connectivity index (χ3n) is 4.08. The van der Waals surface area contributed by atoms with Gasteiger partial charge in [-0.25, -0.2) is 8.42 Å². The average molecular weight is 444 g/mol. The summed E-state index contributed by atoms with van der Waals surface area (Å²) in [6, 6.07) is 13.4. The van der Waals surface area contributed by atoms with Crippen LogP contribution in [0.1, 0.15) is 10.4 Å². The predicted octanol–water partition coefficient (Wildman–Crippen LogP) is 3.25. The number of hydrogen-bond donors (Lipinski definition) is 0. The highest BCUT2D eigenvalue weighted by Crippen LogP contribution is 2.22. The molecule has 1 aliphatic rings. The van der Waals surface area contributed by atoms with Crippen molar-refractivity contribution in [3.8, 4) is 0 Å². The second-order valence-electron chi connectivity index (χ2n) is 5.63. The molecule has 3 rings (SSSR count). The zero-order valence-corrected chi connectivity index (χ0v) is 16.4. The van der Waals surface area contributed by atoms with Gasteiger partial charge in [0.2, 0.25) is 10.0 Å². The topological polar surface area (TPSA) is 57.7 Å². The standard InChI is InChI=1S/C17H16BrClN2O3S/c18-13-5-7-14(8-6-13)25(23,24)21-11-9-20(10-12-21)17(22)15-3-1-2-4-16(15)19/h1-8H,9-12H2. The maximum atomic E-state index is 12.7. The lowest BCUT2D eigenvalue weighted by Gasteiger charge is -2.34. The molecule has 0 unspecified atom stereocenters. The Hall–Kier alpha value is -1.41. The van der Waals surface area contributed by atoms with Crippen molar-refractivity contribution < 1.29 is 13.2 Å². The van der Waals surface area contributed by atoms with E-state index in [1.54, 1.807) is 53.4 Å². The summed E-state index contributed by atoms with van der Waals surface area (Å²) in [7, 11) is -3.55. The molecule has 2 aromatic carbocycles. The maximum absolute atomic E-state index is 12.7. The van der Waals surface area contributed by atoms with Crippen LogP contribution < -0.4 is 0 Å². The summed E-state index contributed by atoms with van der Waals surface area (Å²) >= 11 is 9.37. The van der Waals surface area contributed by atoms with Crippen LogP contribution in [-0.2, 0) is 10.0 Å². The van der Waals surface area contributed by atoms with Crippen molar-refractivity contribution in [2.24, 2.45) is 0 Å². The van der Waals surface area contributed by atoms with Crippen LogP contribution in [0.2, 0.25) is 5.02 Å². The van der Waals surface area contributed by atoms with Gasteiger partial charge in [0.05, 0.1) is 15.5 Å². The minimum absolute atomic E-state index is 0.175. The van der Waals surface area contributed by atoms with Gasteiger partial charge in [-0.2, -0.15) is 4.31 Å². The fourth-order valence-corrected chi connectivity index (χ4v) is 4.60. The summed E-state index contributed by atoms with van der Waals surface area (Å²) in [5, 5.41) is 0.400. The highest BCUT2D eigenvalue weighted by atomic mass is 79.9. The van der Waals surface area contributed by atoms with E-state index in [4.69, 9.17) is 11.6 Å². The number of piperazine rings is 1. The quantitative estimate of drug-likeness (QED) is 0.732. The Morgan fingerprint density at radius 1 is 0.960 bits per heavy atom. The number of nitrogens with zero attached hydrogens (tertiary/aromatic N) is 2. The maximum Gasteiger partial charge on any atom is 0.255 e. The third-order valence-corrected chi connectivity index (χ3v) is 6.85. The van der Waals surface area contributed by atoms with E-state index in [0.717, 1.165) is 4.47 Å². The molecule has 2 aromatic rings. The molecule has 5 nitrogen and oxygen atoms in total. The highest BCUT2D eigenvalue weighted by Gasteiger charge is 2.30. The minimum atomic E-state index is -3.55. The molecule has 0 aromatic heterocycles. The predicted molar refractivity (Wildman–Crippen MR) is 100 cm³/mol. The van der Waals surface area contributed by atoms with Gasteiger partial charge in [-0.15, -0.1) is 0 Å². The van der Waals surface area contributed by atoms with Crippen LogP contribution in [0.5, 0.6) is 0 Å². The minimum Gasteiger partial charge on any atom is -0.336 e. The number of carbonyl (C=O) groups is 1. The van der Waals surface area contributed by atoms with E-state index < -0.39 is 10.0 Å². The van der Waals surface area contributed by atoms with E-state index in [9.17, 15) is 13.2 Å². The normalized spacial score (nSPS) is 16.0. The van der Waals surface area contributed by atoms with Crippen molar-refractivity contribution in [3.63, 3.8) is 0 Å². The van der Waals surface area contributed by atoms with Crippen molar-refractivity contribution in [2.45, 2.75) is 4.90 Å². The lowest BCUT2D eigenvalue weighted by molar-refractivity contribution is 0.0698. The first-order chi connectivity index (χ1) is 11.9. The molecule has 1 saturated heterocycles. The summed E-state index contributed by atoms with van der Waals surface area (Å²) in [6.07, 6.45) is 0. The first kappa shape index (κ1) is 18.4. The lowest BCUT2D eigenvalue weighted by atomic mass is 10.2. The number of halogens is 2. The van der Waals surface area contributed by atoms with Gasteiger partial charge >= 0.3 is 0 Å². The van der Waals surface area contributed by atoms with Crippen molar-refractivity contribution >= 4 is 43.5 Å². The molecule has 1 heterocycles. The SMILES string of the molecule is O=C(c1ccccc1Cl)N1CCN(S(=O)(=O)c2ccc(Br)cc2)CC1. The molecule has 0 spiro atoms. The molecule has 0 N–H and O–H groups in total. The molecule has 0 radical (unpaired) electrons. The van der Waals surface area contributed by atoms with E-state index in [1.165, 1.54) is 4.31 Å². The second-order valence-corrected chi connectivity index (χ2v) is 8.89. The molecule has 8 heteroatoms. The number of rotatable bonds is 3. The van der Waals surface area contributed by atoms with E-state index in [0.29, 0.717) is 23.7 Å². The summed E-state index contributed by atoms with van der Waals surface area (Å²) in [5.74, 6) is -0.175. The molecule has 0 bridgehead atoms. The van der Waals surface area contributed by atoms with E-state index >= 15 is 0 Å². The van der Waals surface area contributed by atoms with Gasteiger partial charge in [-0.05, 0) is 36.4 Å². The van der Waals surface area contributed by atoms with E-state index in [1.807, 2.05) is 0 Å². The van der Waals surface area contributed by atoms with Gasteiger partial charge in [-0.3, -0.25) is 4.79 Å². The van der Waals surface area contributed by atoms with Crippen LogP contribution in [0.3, 0.4) is 0 Å². The summed E-state index contributed by atoms with van der Waals surface area (Å²) in [4.78, 5) is 14.4. The highest BCUT2D eigenvalue weighted by molar-refractivity contribution is 9.10. The molecular weight excluding hydrogens is 428 g/mol. The number of sulfonamides is 1. The van der Waals surface area contributed by atoms with Gasteiger partial charge in [-0.1, -0.05) is 39.7 Å². The van der Waals surface area contributed by atoms with Gasteiger partial charge in [0.15, 0.2) is 0 Å². The second kappa shape index (κ2) is 7.45. The van der Waals surface area contributed by atoms with Crippen molar-refractivity contribution in [3.05, 3.63) is 63.6 Å². The van der Waals surface area contributed by atoms with Crippen LogP contribution in [-0.4, -0.2) is 49.7 Å². The van der Waals surface area contributed by atoms with E-state index in [-0.39, 0.29) is 23.9 Å². The molecule has 1 fully saturated rings. The van der Waals surface area contributed by atoms with Crippen LogP contribution in [0.4, 0.5) is 0 Å². The summed E-state index contributed by atoms with van der Waals surface area (Å²) < 4.78 is 27.6. The molecule has 25 heavy (non-hydrogen) atoms. The summed E-state index contributed by atoms with van der Waals surface area (Å²) in [5.41, 5.74) is 0.438. The Labute approximate surface area is 160 Å². The largest absolute Gasteiger partial charge is 0.336 e. The number of hydrogen-bond acceptors (Lipinski definition) is 3. The van der Waals surface area contributed by atoms with Crippen molar-refractivity contribution in [1.82, 2.24) is 9.21 Å². The molecule has 1 amide bonds. The van der Waals surface area contributed by atoms with E-state index in [2.05, 4.69) is 15.9 Å². The smallest absolute Gasteiger partial charge is 0.255 e. The zero-order chi connectivity index (χ0) is 18.0. The van der Waals surface area contributed by atoms with Gasteiger partial charge < -0.3 is 4.90 Å². The first-order valence-corrected chi connectivity index (χ1v) is 10.3. The molecule has 1 aliphatic heterocycles. The number of benzene rings is 2. The summed E-state index contributed by atoms with van der Waals surface area (Å²) in [6.45, 7) is 1.18. The Balaban J connectivity index is 1.70.